The molecule has 0 heterocycles. The maximum absolute atomic E-state index is 10.7. The van der Waals surface area contributed by atoms with E-state index in [-0.39, 0.29) is 11.7 Å². The van der Waals surface area contributed by atoms with E-state index in [2.05, 4.69) is 5.32 Å². The molecule has 1 atom stereocenters. The largest absolute Gasteiger partial charge is 0.387 e. The van der Waals surface area contributed by atoms with Crippen molar-refractivity contribution in [2.75, 3.05) is 6.54 Å². The van der Waals surface area contributed by atoms with Crippen molar-refractivity contribution in [3.05, 3.63) is 39.9 Å². The highest BCUT2D eigenvalue weighted by atomic mass is 16.6. The number of nitrogens with zero attached hydrogens (tertiary/aromatic N) is 1. The van der Waals surface area contributed by atoms with Gasteiger partial charge in [-0.15, -0.1) is 0 Å². The van der Waals surface area contributed by atoms with Crippen LogP contribution in [0.2, 0.25) is 0 Å². The van der Waals surface area contributed by atoms with Crippen LogP contribution < -0.4 is 5.32 Å². The van der Waals surface area contributed by atoms with Crippen molar-refractivity contribution in [1.82, 2.24) is 5.32 Å². The summed E-state index contributed by atoms with van der Waals surface area (Å²) < 4.78 is 0. The fraction of sp³-hybridized carbons (Fsp3) is 0.455. The maximum Gasteiger partial charge on any atom is 0.275 e. The average Bonchev–Trinajstić information content (AvgIpc) is 2.25. The minimum absolute atomic E-state index is 0.0412. The summed E-state index contributed by atoms with van der Waals surface area (Å²) in [4.78, 5) is 10.3. The average molecular weight is 224 g/mol. The van der Waals surface area contributed by atoms with Gasteiger partial charge < -0.3 is 10.4 Å². The number of benzene rings is 1. The molecule has 0 radical (unpaired) electrons. The molecule has 88 valence electrons. The predicted molar refractivity (Wildman–Crippen MR) is 61.2 cm³/mol. The number of para-hydroxylation sites is 1. The van der Waals surface area contributed by atoms with Crippen LogP contribution in [0.3, 0.4) is 0 Å². The van der Waals surface area contributed by atoms with Gasteiger partial charge in [-0.25, -0.2) is 0 Å². The van der Waals surface area contributed by atoms with Crippen molar-refractivity contribution in [2.45, 2.75) is 26.0 Å². The van der Waals surface area contributed by atoms with Gasteiger partial charge in [-0.2, -0.15) is 0 Å². The first kappa shape index (κ1) is 12.6. The molecule has 0 aliphatic heterocycles. The Hall–Kier alpha value is -1.46. The van der Waals surface area contributed by atoms with Gasteiger partial charge in [-0.1, -0.05) is 26.0 Å². The highest BCUT2D eigenvalue weighted by Crippen LogP contribution is 2.24. The van der Waals surface area contributed by atoms with Crippen molar-refractivity contribution in [2.24, 2.45) is 0 Å². The fourth-order valence-electron chi connectivity index (χ4n) is 1.39. The summed E-state index contributed by atoms with van der Waals surface area (Å²) in [6.07, 6.45) is -0.857. The molecule has 0 aromatic heterocycles. The summed E-state index contributed by atoms with van der Waals surface area (Å²) in [7, 11) is 0. The number of nitrogens with one attached hydrogen (secondary N) is 1. The van der Waals surface area contributed by atoms with E-state index in [9.17, 15) is 15.2 Å². The van der Waals surface area contributed by atoms with E-state index in [1.165, 1.54) is 6.07 Å². The molecule has 0 unspecified atom stereocenters. The van der Waals surface area contributed by atoms with Gasteiger partial charge in [0, 0.05) is 18.7 Å². The van der Waals surface area contributed by atoms with Crippen LogP contribution in [-0.2, 0) is 0 Å². The first-order chi connectivity index (χ1) is 7.52. The first-order valence-corrected chi connectivity index (χ1v) is 5.17. The van der Waals surface area contributed by atoms with E-state index in [1.54, 1.807) is 18.2 Å². The molecule has 1 aromatic carbocycles. The minimum Gasteiger partial charge on any atom is -0.387 e. The molecule has 0 amide bonds. The summed E-state index contributed by atoms with van der Waals surface area (Å²) >= 11 is 0. The van der Waals surface area contributed by atoms with Gasteiger partial charge in [0.15, 0.2) is 0 Å². The number of aliphatic hydroxyl groups excluding tert-OH is 1. The highest BCUT2D eigenvalue weighted by molar-refractivity contribution is 5.41. The molecule has 0 fully saturated rings. The van der Waals surface area contributed by atoms with Crippen LogP contribution in [0.15, 0.2) is 24.3 Å². The van der Waals surface area contributed by atoms with Crippen LogP contribution in [-0.4, -0.2) is 22.6 Å². The Kier molecular flexibility index (Phi) is 4.39. The van der Waals surface area contributed by atoms with Gasteiger partial charge >= 0.3 is 0 Å². The zero-order chi connectivity index (χ0) is 12.1. The Morgan fingerprint density at radius 2 is 2.06 bits per heavy atom. The summed E-state index contributed by atoms with van der Waals surface area (Å²) in [5.41, 5.74) is 0.307. The van der Waals surface area contributed by atoms with Gasteiger partial charge in [0.1, 0.15) is 0 Å². The number of aliphatic hydroxyl groups is 1. The summed E-state index contributed by atoms with van der Waals surface area (Å²) in [6.45, 7) is 4.21. The third-order valence-electron chi connectivity index (χ3n) is 2.21. The summed E-state index contributed by atoms with van der Waals surface area (Å²) in [5, 5.41) is 23.6. The molecule has 0 saturated heterocycles. The Morgan fingerprint density at radius 3 is 2.62 bits per heavy atom. The van der Waals surface area contributed by atoms with Crippen LogP contribution in [0.25, 0.3) is 0 Å². The van der Waals surface area contributed by atoms with Crippen LogP contribution in [0.4, 0.5) is 5.69 Å². The molecule has 0 aliphatic rings. The third kappa shape index (κ3) is 3.29. The Balaban J connectivity index is 2.82. The monoisotopic (exact) mass is 224 g/mol. The maximum atomic E-state index is 10.7. The van der Waals surface area contributed by atoms with E-state index >= 15 is 0 Å². The van der Waals surface area contributed by atoms with Crippen molar-refractivity contribution in [1.29, 1.82) is 0 Å². The van der Waals surface area contributed by atoms with Gasteiger partial charge in [0.25, 0.3) is 5.69 Å². The lowest BCUT2D eigenvalue weighted by molar-refractivity contribution is -0.386. The number of hydrogen-bond donors (Lipinski definition) is 2. The molecular formula is C11H16N2O3. The molecule has 0 bridgehead atoms. The van der Waals surface area contributed by atoms with Gasteiger partial charge in [-0.3, -0.25) is 10.1 Å². The predicted octanol–water partition coefficient (Wildman–Crippen LogP) is 1.63. The molecular weight excluding hydrogens is 208 g/mol. The van der Waals surface area contributed by atoms with E-state index in [1.807, 2.05) is 13.8 Å². The SMILES string of the molecule is CC(C)NC[C@@H](O)c1ccccc1[N+](=O)[O-]. The molecule has 1 aromatic rings. The van der Waals surface area contributed by atoms with Crippen molar-refractivity contribution < 1.29 is 10.0 Å². The normalized spacial score (nSPS) is 12.8. The summed E-state index contributed by atoms with van der Waals surface area (Å²) in [6, 6.07) is 6.47. The zero-order valence-electron chi connectivity index (χ0n) is 9.38. The lowest BCUT2D eigenvalue weighted by atomic mass is 10.1. The van der Waals surface area contributed by atoms with E-state index in [4.69, 9.17) is 0 Å². The molecule has 1 rings (SSSR count). The minimum atomic E-state index is -0.857. The molecule has 2 N–H and O–H groups in total. The van der Waals surface area contributed by atoms with Gasteiger partial charge in [0.05, 0.1) is 16.6 Å². The first-order valence-electron chi connectivity index (χ1n) is 5.17. The van der Waals surface area contributed by atoms with Crippen LogP contribution in [0.1, 0.15) is 25.5 Å². The Morgan fingerprint density at radius 1 is 1.44 bits per heavy atom. The number of hydrogen-bond acceptors (Lipinski definition) is 4. The van der Waals surface area contributed by atoms with E-state index < -0.39 is 11.0 Å². The molecule has 16 heavy (non-hydrogen) atoms. The second-order valence-electron chi connectivity index (χ2n) is 3.89. The quantitative estimate of drug-likeness (QED) is 0.588. The second-order valence-corrected chi connectivity index (χ2v) is 3.89. The lowest BCUT2D eigenvalue weighted by Crippen LogP contribution is -2.28. The Bertz CT molecular complexity index is 366. The smallest absolute Gasteiger partial charge is 0.275 e. The van der Waals surface area contributed by atoms with Crippen molar-refractivity contribution in [3.63, 3.8) is 0 Å². The van der Waals surface area contributed by atoms with Crippen LogP contribution in [0.5, 0.6) is 0 Å². The topological polar surface area (TPSA) is 75.4 Å². The number of nitro groups is 1. The van der Waals surface area contributed by atoms with E-state index in [0.717, 1.165) is 0 Å². The molecule has 0 aliphatic carbocycles. The van der Waals surface area contributed by atoms with Gasteiger partial charge in [-0.05, 0) is 6.07 Å². The van der Waals surface area contributed by atoms with E-state index in [0.29, 0.717) is 12.1 Å². The molecule has 5 heteroatoms. The third-order valence-corrected chi connectivity index (χ3v) is 2.21. The Labute approximate surface area is 94.3 Å². The molecule has 5 nitrogen and oxygen atoms in total. The van der Waals surface area contributed by atoms with Crippen LogP contribution in [0, 0.1) is 10.1 Å². The lowest BCUT2D eigenvalue weighted by Gasteiger charge is -2.14. The summed E-state index contributed by atoms with van der Waals surface area (Å²) in [5.74, 6) is 0. The zero-order valence-corrected chi connectivity index (χ0v) is 9.38. The molecule has 0 saturated carbocycles. The number of rotatable bonds is 5. The molecule has 0 spiro atoms. The number of nitro benzene ring substituents is 1. The standard InChI is InChI=1S/C11H16N2O3/c1-8(2)12-7-11(14)9-5-3-4-6-10(9)13(15)16/h3-6,8,11-12,14H,7H2,1-2H3/t11-/m1/s1. The van der Waals surface area contributed by atoms with Crippen LogP contribution >= 0.6 is 0 Å². The fourth-order valence-corrected chi connectivity index (χ4v) is 1.39. The van der Waals surface area contributed by atoms with Gasteiger partial charge in [0.2, 0.25) is 0 Å². The van der Waals surface area contributed by atoms with Crippen molar-refractivity contribution >= 4 is 5.69 Å². The van der Waals surface area contributed by atoms with Crippen molar-refractivity contribution in [3.8, 4) is 0 Å². The highest BCUT2D eigenvalue weighted by Gasteiger charge is 2.19. The second kappa shape index (κ2) is 5.58.